The zero-order valence-electron chi connectivity index (χ0n) is 13.4. The van der Waals surface area contributed by atoms with Gasteiger partial charge in [-0.2, -0.15) is 0 Å². The number of hydrogen-bond donors (Lipinski definition) is 0. The average Bonchev–Trinajstić information content (AvgIpc) is 3.05. The largest absolute Gasteiger partial charge is 0.493 e. The molecule has 1 atom stereocenters. The van der Waals surface area contributed by atoms with Gasteiger partial charge in [-0.1, -0.05) is 12.1 Å². The Balaban J connectivity index is 1.35. The number of rotatable bonds is 7. The van der Waals surface area contributed by atoms with Crippen molar-refractivity contribution in [2.45, 2.75) is 12.5 Å². The van der Waals surface area contributed by atoms with Crippen LogP contribution in [0.15, 0.2) is 24.3 Å². The molecule has 1 unspecified atom stereocenters. The molecule has 0 spiro atoms. The lowest BCUT2D eigenvalue weighted by Gasteiger charge is -2.39. The van der Waals surface area contributed by atoms with E-state index in [4.69, 9.17) is 18.9 Å². The molecular weight excluding hydrogens is 298 g/mol. The van der Waals surface area contributed by atoms with E-state index in [-0.39, 0.29) is 18.6 Å². The molecular formula is C17H23NO5. The van der Waals surface area contributed by atoms with Crippen LogP contribution in [0, 0.1) is 5.92 Å². The van der Waals surface area contributed by atoms with Crippen LogP contribution >= 0.6 is 0 Å². The molecule has 6 nitrogen and oxygen atoms in total. The van der Waals surface area contributed by atoms with Crippen LogP contribution in [0.5, 0.6) is 11.5 Å². The first-order chi connectivity index (χ1) is 11.3. The molecule has 0 aromatic heterocycles. The number of carbonyl (C=O) groups excluding carboxylic acids is 1. The highest BCUT2D eigenvalue weighted by Gasteiger charge is 2.32. The number of amides is 1. The lowest BCUT2D eigenvalue weighted by atomic mass is 10.1. The minimum Gasteiger partial charge on any atom is -0.493 e. The Morgan fingerprint density at radius 1 is 1.30 bits per heavy atom. The molecule has 1 aromatic rings. The van der Waals surface area contributed by atoms with Crippen molar-refractivity contribution in [2.75, 3.05) is 46.6 Å². The van der Waals surface area contributed by atoms with E-state index in [1.807, 2.05) is 12.1 Å². The smallest absolute Gasteiger partial charge is 0.260 e. The van der Waals surface area contributed by atoms with E-state index < -0.39 is 0 Å². The van der Waals surface area contributed by atoms with Crippen molar-refractivity contribution in [3.05, 3.63) is 24.3 Å². The second-order valence-electron chi connectivity index (χ2n) is 5.92. The molecule has 2 fully saturated rings. The third kappa shape index (κ3) is 4.14. The summed E-state index contributed by atoms with van der Waals surface area (Å²) in [5, 5.41) is 0. The summed E-state index contributed by atoms with van der Waals surface area (Å²) in [6.07, 6.45) is 1.22. The summed E-state index contributed by atoms with van der Waals surface area (Å²) in [5.41, 5.74) is 0. The Morgan fingerprint density at radius 3 is 2.78 bits per heavy atom. The Hall–Kier alpha value is -1.79. The van der Waals surface area contributed by atoms with Crippen molar-refractivity contribution < 1.29 is 23.7 Å². The van der Waals surface area contributed by atoms with Gasteiger partial charge in [0.15, 0.2) is 18.1 Å². The summed E-state index contributed by atoms with van der Waals surface area (Å²) in [7, 11) is 1.58. The van der Waals surface area contributed by atoms with Crippen molar-refractivity contribution in [3.8, 4) is 11.5 Å². The molecule has 2 saturated heterocycles. The van der Waals surface area contributed by atoms with E-state index >= 15 is 0 Å². The van der Waals surface area contributed by atoms with Crippen LogP contribution in [0.2, 0.25) is 0 Å². The van der Waals surface area contributed by atoms with Crippen LogP contribution in [0.3, 0.4) is 0 Å². The lowest BCUT2D eigenvalue weighted by Crippen LogP contribution is -2.56. The van der Waals surface area contributed by atoms with Crippen molar-refractivity contribution in [2.24, 2.45) is 5.92 Å². The maximum absolute atomic E-state index is 12.1. The zero-order valence-corrected chi connectivity index (χ0v) is 13.4. The molecule has 2 aliphatic heterocycles. The summed E-state index contributed by atoms with van der Waals surface area (Å²) in [6.45, 7) is 3.66. The third-order valence-electron chi connectivity index (χ3n) is 4.21. The molecule has 1 aromatic carbocycles. The topological polar surface area (TPSA) is 57.2 Å². The van der Waals surface area contributed by atoms with Gasteiger partial charge in [0, 0.05) is 25.6 Å². The molecule has 0 saturated carbocycles. The lowest BCUT2D eigenvalue weighted by molar-refractivity contribution is -0.148. The minimum atomic E-state index is -0.0278. The van der Waals surface area contributed by atoms with E-state index in [0.717, 1.165) is 26.2 Å². The first-order valence-corrected chi connectivity index (χ1v) is 7.99. The van der Waals surface area contributed by atoms with Crippen LogP contribution in [0.4, 0.5) is 0 Å². The van der Waals surface area contributed by atoms with Crippen molar-refractivity contribution >= 4 is 5.91 Å². The van der Waals surface area contributed by atoms with Gasteiger partial charge in [-0.3, -0.25) is 4.79 Å². The third-order valence-corrected chi connectivity index (χ3v) is 4.21. The number of methoxy groups -OCH3 is 1. The SMILES string of the molecule is COc1ccccc1OCC(=O)N1CC(OCC2CCOC2)C1. The fourth-order valence-corrected chi connectivity index (χ4v) is 2.70. The Bertz CT molecular complexity index is 523. The van der Waals surface area contributed by atoms with Gasteiger partial charge >= 0.3 is 0 Å². The van der Waals surface area contributed by atoms with Crippen molar-refractivity contribution in [1.29, 1.82) is 0 Å². The number of ether oxygens (including phenoxy) is 4. The molecule has 0 N–H and O–H groups in total. The molecule has 0 radical (unpaired) electrons. The monoisotopic (exact) mass is 321 g/mol. The van der Waals surface area contributed by atoms with Crippen LogP contribution in [0.1, 0.15) is 6.42 Å². The highest BCUT2D eigenvalue weighted by atomic mass is 16.5. The zero-order chi connectivity index (χ0) is 16.1. The normalized spacial score (nSPS) is 21.1. The summed E-state index contributed by atoms with van der Waals surface area (Å²) in [5.74, 6) is 1.69. The predicted octanol–water partition coefficient (Wildman–Crippen LogP) is 1.34. The van der Waals surface area contributed by atoms with Crippen molar-refractivity contribution in [3.63, 3.8) is 0 Å². The van der Waals surface area contributed by atoms with E-state index in [2.05, 4.69) is 0 Å². The highest BCUT2D eigenvalue weighted by Crippen LogP contribution is 2.26. The standard InChI is InChI=1S/C17H23NO5/c1-20-15-4-2-3-5-16(15)23-12-17(19)18-8-14(9-18)22-11-13-6-7-21-10-13/h2-5,13-14H,6-12H2,1H3. The maximum Gasteiger partial charge on any atom is 0.260 e. The molecule has 2 heterocycles. The van der Waals surface area contributed by atoms with Gasteiger partial charge in [-0.05, 0) is 18.6 Å². The fourth-order valence-electron chi connectivity index (χ4n) is 2.70. The van der Waals surface area contributed by atoms with Crippen LogP contribution in [-0.4, -0.2) is 63.5 Å². The number of likely N-dealkylation sites (tertiary alicyclic amines) is 1. The van der Waals surface area contributed by atoms with Gasteiger partial charge < -0.3 is 23.8 Å². The molecule has 6 heteroatoms. The molecule has 126 valence electrons. The number of para-hydroxylation sites is 2. The molecule has 0 bridgehead atoms. The number of carbonyl (C=O) groups is 1. The first-order valence-electron chi connectivity index (χ1n) is 7.99. The van der Waals surface area contributed by atoms with Crippen LogP contribution < -0.4 is 9.47 Å². The van der Waals surface area contributed by atoms with E-state index in [1.54, 1.807) is 24.1 Å². The average molecular weight is 321 g/mol. The maximum atomic E-state index is 12.1. The first kappa shape index (κ1) is 16.1. The van der Waals surface area contributed by atoms with Gasteiger partial charge in [-0.15, -0.1) is 0 Å². The number of nitrogens with zero attached hydrogens (tertiary/aromatic N) is 1. The predicted molar refractivity (Wildman–Crippen MR) is 83.7 cm³/mol. The summed E-state index contributed by atoms with van der Waals surface area (Å²) in [6, 6.07) is 7.31. The van der Waals surface area contributed by atoms with E-state index in [1.165, 1.54) is 0 Å². The molecule has 3 rings (SSSR count). The second kappa shape index (κ2) is 7.66. The van der Waals surface area contributed by atoms with Gasteiger partial charge in [0.2, 0.25) is 0 Å². The Kier molecular flexibility index (Phi) is 5.35. The quantitative estimate of drug-likeness (QED) is 0.758. The van der Waals surface area contributed by atoms with Gasteiger partial charge in [0.25, 0.3) is 5.91 Å². The molecule has 23 heavy (non-hydrogen) atoms. The van der Waals surface area contributed by atoms with Crippen LogP contribution in [-0.2, 0) is 14.3 Å². The van der Waals surface area contributed by atoms with E-state index in [0.29, 0.717) is 30.5 Å². The number of benzene rings is 1. The molecule has 0 aliphatic carbocycles. The summed E-state index contributed by atoms with van der Waals surface area (Å²) < 4.78 is 21.9. The molecule has 1 amide bonds. The summed E-state index contributed by atoms with van der Waals surface area (Å²) >= 11 is 0. The van der Waals surface area contributed by atoms with E-state index in [9.17, 15) is 4.79 Å². The molecule has 2 aliphatic rings. The van der Waals surface area contributed by atoms with Gasteiger partial charge in [0.1, 0.15) is 0 Å². The van der Waals surface area contributed by atoms with Crippen molar-refractivity contribution in [1.82, 2.24) is 4.90 Å². The minimum absolute atomic E-state index is 0.0174. The fraction of sp³-hybridized carbons (Fsp3) is 0.588. The summed E-state index contributed by atoms with van der Waals surface area (Å²) in [4.78, 5) is 13.8. The van der Waals surface area contributed by atoms with Gasteiger partial charge in [0.05, 0.1) is 26.4 Å². The Labute approximate surface area is 136 Å². The highest BCUT2D eigenvalue weighted by molar-refractivity contribution is 5.78. The second-order valence-corrected chi connectivity index (χ2v) is 5.92. The van der Waals surface area contributed by atoms with Crippen LogP contribution in [0.25, 0.3) is 0 Å². The van der Waals surface area contributed by atoms with Gasteiger partial charge in [-0.25, -0.2) is 0 Å². The Morgan fingerprint density at radius 2 is 2.09 bits per heavy atom. The number of hydrogen-bond acceptors (Lipinski definition) is 5.